The molecule has 0 saturated carbocycles. The van der Waals surface area contributed by atoms with E-state index in [0.29, 0.717) is 5.82 Å². The van der Waals surface area contributed by atoms with Crippen LogP contribution in [0.5, 0.6) is 5.75 Å². The highest BCUT2D eigenvalue weighted by molar-refractivity contribution is 5.91. The standard InChI is InChI=1S/C18H18N2O2/c1-3-14-7-6-8-15(11-14)22-12-18(21)20-13(2)19-16-9-4-5-10-17(16)20/h4-11H,3,12H2,1-2H3. The minimum atomic E-state index is -0.117. The average Bonchev–Trinajstić information content (AvgIpc) is 2.88. The van der Waals surface area contributed by atoms with Crippen molar-refractivity contribution in [3.8, 4) is 5.75 Å². The van der Waals surface area contributed by atoms with Crippen LogP contribution in [0.4, 0.5) is 0 Å². The number of para-hydroxylation sites is 2. The number of nitrogens with zero attached hydrogens (tertiary/aromatic N) is 2. The molecule has 4 nitrogen and oxygen atoms in total. The normalized spacial score (nSPS) is 10.8. The maximum atomic E-state index is 12.5. The van der Waals surface area contributed by atoms with Gasteiger partial charge in [0, 0.05) is 0 Å². The highest BCUT2D eigenvalue weighted by Gasteiger charge is 2.14. The predicted molar refractivity (Wildman–Crippen MR) is 86.4 cm³/mol. The molecule has 3 aromatic rings. The highest BCUT2D eigenvalue weighted by Crippen LogP contribution is 2.17. The minimum absolute atomic E-state index is 0.00559. The topological polar surface area (TPSA) is 44.1 Å². The molecule has 0 amide bonds. The van der Waals surface area contributed by atoms with Crippen LogP contribution >= 0.6 is 0 Å². The Balaban J connectivity index is 1.80. The van der Waals surface area contributed by atoms with E-state index in [2.05, 4.69) is 11.9 Å². The largest absolute Gasteiger partial charge is 0.484 e. The van der Waals surface area contributed by atoms with E-state index in [4.69, 9.17) is 4.74 Å². The number of benzene rings is 2. The molecule has 3 rings (SSSR count). The lowest BCUT2D eigenvalue weighted by Crippen LogP contribution is -2.20. The van der Waals surface area contributed by atoms with E-state index in [-0.39, 0.29) is 12.5 Å². The number of hydrogen-bond acceptors (Lipinski definition) is 3. The van der Waals surface area contributed by atoms with Gasteiger partial charge >= 0.3 is 0 Å². The van der Waals surface area contributed by atoms with Crippen LogP contribution in [0.3, 0.4) is 0 Å². The zero-order valence-corrected chi connectivity index (χ0v) is 12.7. The Hall–Kier alpha value is -2.62. The summed E-state index contributed by atoms with van der Waals surface area (Å²) < 4.78 is 7.25. The summed E-state index contributed by atoms with van der Waals surface area (Å²) in [4.78, 5) is 16.9. The van der Waals surface area contributed by atoms with E-state index < -0.39 is 0 Å². The van der Waals surface area contributed by atoms with Crippen molar-refractivity contribution in [2.24, 2.45) is 0 Å². The number of carbonyl (C=O) groups excluding carboxylic acids is 1. The van der Waals surface area contributed by atoms with Crippen LogP contribution in [0.25, 0.3) is 11.0 Å². The Morgan fingerprint density at radius 3 is 2.82 bits per heavy atom. The molecule has 0 bridgehead atoms. The molecule has 0 saturated heterocycles. The molecular weight excluding hydrogens is 276 g/mol. The molecule has 1 heterocycles. The lowest BCUT2D eigenvalue weighted by molar-refractivity contribution is 0.0840. The summed E-state index contributed by atoms with van der Waals surface area (Å²) in [6.45, 7) is 3.91. The molecule has 0 aliphatic rings. The molecule has 0 aliphatic heterocycles. The van der Waals surface area contributed by atoms with E-state index in [1.807, 2.05) is 55.5 Å². The van der Waals surface area contributed by atoms with E-state index in [1.165, 1.54) is 5.56 Å². The number of fused-ring (bicyclic) bond motifs is 1. The van der Waals surface area contributed by atoms with Crippen molar-refractivity contribution in [1.29, 1.82) is 0 Å². The number of rotatable bonds is 4. The maximum absolute atomic E-state index is 12.5. The third kappa shape index (κ3) is 2.72. The van der Waals surface area contributed by atoms with Crippen LogP contribution in [0.2, 0.25) is 0 Å². The summed E-state index contributed by atoms with van der Waals surface area (Å²) in [5, 5.41) is 0. The zero-order chi connectivity index (χ0) is 15.5. The van der Waals surface area contributed by atoms with E-state index >= 15 is 0 Å². The van der Waals surface area contributed by atoms with Crippen molar-refractivity contribution in [3.05, 3.63) is 59.9 Å². The number of aryl methyl sites for hydroxylation is 2. The van der Waals surface area contributed by atoms with Crippen LogP contribution in [-0.2, 0) is 6.42 Å². The van der Waals surface area contributed by atoms with Crippen molar-refractivity contribution in [3.63, 3.8) is 0 Å². The van der Waals surface area contributed by atoms with Crippen molar-refractivity contribution >= 4 is 16.9 Å². The second kappa shape index (κ2) is 6.02. The van der Waals surface area contributed by atoms with E-state index in [1.54, 1.807) is 4.57 Å². The molecule has 112 valence electrons. The first-order valence-electron chi connectivity index (χ1n) is 7.38. The Bertz CT molecular complexity index is 821. The summed E-state index contributed by atoms with van der Waals surface area (Å²) in [7, 11) is 0. The Morgan fingerprint density at radius 1 is 1.18 bits per heavy atom. The molecule has 4 heteroatoms. The summed E-state index contributed by atoms with van der Waals surface area (Å²) in [5.41, 5.74) is 2.83. The Morgan fingerprint density at radius 2 is 2.00 bits per heavy atom. The van der Waals surface area contributed by atoms with Gasteiger partial charge in [-0.2, -0.15) is 0 Å². The zero-order valence-electron chi connectivity index (χ0n) is 12.7. The van der Waals surface area contributed by atoms with Gasteiger partial charge in [-0.05, 0) is 43.2 Å². The second-order valence-corrected chi connectivity index (χ2v) is 5.17. The second-order valence-electron chi connectivity index (χ2n) is 5.17. The lowest BCUT2D eigenvalue weighted by Gasteiger charge is -2.09. The smallest absolute Gasteiger partial charge is 0.270 e. The molecule has 0 aliphatic carbocycles. The number of aromatic nitrogens is 2. The fourth-order valence-corrected chi connectivity index (χ4v) is 2.53. The van der Waals surface area contributed by atoms with E-state index in [9.17, 15) is 4.79 Å². The lowest BCUT2D eigenvalue weighted by atomic mass is 10.2. The minimum Gasteiger partial charge on any atom is -0.484 e. The fraction of sp³-hybridized carbons (Fsp3) is 0.222. The van der Waals surface area contributed by atoms with Gasteiger partial charge in [0.25, 0.3) is 5.91 Å². The van der Waals surface area contributed by atoms with Crippen LogP contribution in [-0.4, -0.2) is 22.1 Å². The van der Waals surface area contributed by atoms with Gasteiger partial charge in [0.15, 0.2) is 6.61 Å². The Kier molecular flexibility index (Phi) is 3.92. The van der Waals surface area contributed by atoms with Crippen LogP contribution in [0.15, 0.2) is 48.5 Å². The summed E-state index contributed by atoms with van der Waals surface area (Å²) >= 11 is 0. The third-order valence-corrected chi connectivity index (χ3v) is 3.65. The van der Waals surface area contributed by atoms with Gasteiger partial charge in [-0.1, -0.05) is 31.2 Å². The van der Waals surface area contributed by atoms with Gasteiger partial charge in [-0.3, -0.25) is 9.36 Å². The SMILES string of the molecule is CCc1cccc(OCC(=O)n2c(C)nc3ccccc32)c1. The molecule has 1 aromatic heterocycles. The van der Waals surface area contributed by atoms with Crippen molar-refractivity contribution < 1.29 is 9.53 Å². The molecule has 0 radical (unpaired) electrons. The number of imidazole rings is 1. The van der Waals surface area contributed by atoms with Gasteiger partial charge in [0.05, 0.1) is 11.0 Å². The summed E-state index contributed by atoms with van der Waals surface area (Å²) in [6, 6.07) is 15.4. The van der Waals surface area contributed by atoms with Crippen molar-refractivity contribution in [2.45, 2.75) is 20.3 Å². The molecule has 0 N–H and O–H groups in total. The molecule has 0 atom stereocenters. The van der Waals surface area contributed by atoms with Crippen molar-refractivity contribution in [2.75, 3.05) is 6.61 Å². The first kappa shape index (κ1) is 14.3. The monoisotopic (exact) mass is 294 g/mol. The first-order valence-corrected chi connectivity index (χ1v) is 7.38. The molecule has 22 heavy (non-hydrogen) atoms. The summed E-state index contributed by atoms with van der Waals surface area (Å²) in [6.07, 6.45) is 0.941. The molecule has 0 spiro atoms. The maximum Gasteiger partial charge on any atom is 0.270 e. The summed E-state index contributed by atoms with van der Waals surface area (Å²) in [5.74, 6) is 1.28. The fourth-order valence-electron chi connectivity index (χ4n) is 2.53. The van der Waals surface area contributed by atoms with Crippen LogP contribution < -0.4 is 4.74 Å². The van der Waals surface area contributed by atoms with Gasteiger partial charge in [0.2, 0.25) is 0 Å². The number of ether oxygens (including phenoxy) is 1. The Labute approximate surface area is 129 Å². The highest BCUT2D eigenvalue weighted by atomic mass is 16.5. The number of carbonyl (C=O) groups is 1. The van der Waals surface area contributed by atoms with E-state index in [0.717, 1.165) is 23.2 Å². The molecular formula is C18H18N2O2. The quantitative estimate of drug-likeness (QED) is 0.738. The van der Waals surface area contributed by atoms with Gasteiger partial charge < -0.3 is 4.74 Å². The third-order valence-electron chi connectivity index (χ3n) is 3.65. The molecule has 0 fully saturated rings. The van der Waals surface area contributed by atoms with Gasteiger partial charge in [0.1, 0.15) is 11.6 Å². The number of hydrogen-bond donors (Lipinski definition) is 0. The van der Waals surface area contributed by atoms with Crippen molar-refractivity contribution in [1.82, 2.24) is 9.55 Å². The predicted octanol–water partition coefficient (Wildman–Crippen LogP) is 3.63. The van der Waals surface area contributed by atoms with Gasteiger partial charge in [-0.25, -0.2) is 4.98 Å². The van der Waals surface area contributed by atoms with Crippen LogP contribution in [0.1, 0.15) is 23.1 Å². The van der Waals surface area contributed by atoms with Crippen LogP contribution in [0, 0.1) is 6.92 Å². The average molecular weight is 294 g/mol. The molecule has 2 aromatic carbocycles. The molecule has 0 unspecified atom stereocenters. The first-order chi connectivity index (χ1) is 10.7. The van der Waals surface area contributed by atoms with Gasteiger partial charge in [-0.15, -0.1) is 0 Å².